The van der Waals surface area contributed by atoms with Crippen molar-refractivity contribution in [2.45, 2.75) is 71.1 Å². The molecule has 0 aromatic carbocycles. The highest BCUT2D eigenvalue weighted by atomic mass is 32.1. The smallest absolute Gasteiger partial charge is 0.326 e. The average Bonchev–Trinajstić information content (AvgIpc) is 2.66. The molecule has 0 spiro atoms. The second kappa shape index (κ2) is 13.9. The molecule has 0 rings (SSSR count). The Morgan fingerprint density at radius 2 is 1.42 bits per heavy atom. The van der Waals surface area contributed by atoms with Gasteiger partial charge in [0.15, 0.2) is 0 Å². The van der Waals surface area contributed by atoms with Gasteiger partial charge in [-0.1, -0.05) is 27.7 Å². The number of carboxylic acid groups (broad SMARTS) is 1. The summed E-state index contributed by atoms with van der Waals surface area (Å²) in [5.41, 5.74) is 10.8. The van der Waals surface area contributed by atoms with Crippen molar-refractivity contribution >= 4 is 42.2 Å². The van der Waals surface area contributed by atoms with Gasteiger partial charge in [-0.3, -0.25) is 19.2 Å². The van der Waals surface area contributed by atoms with Gasteiger partial charge in [-0.2, -0.15) is 12.6 Å². The number of primary amides is 1. The molecule has 0 aromatic heterocycles. The summed E-state index contributed by atoms with van der Waals surface area (Å²) in [5, 5.41) is 16.7. The summed E-state index contributed by atoms with van der Waals surface area (Å²) in [5.74, 6) is -4.20. The van der Waals surface area contributed by atoms with Crippen LogP contribution in [0.3, 0.4) is 0 Å². The fourth-order valence-electron chi connectivity index (χ4n) is 2.66. The molecule has 0 aliphatic heterocycles. The van der Waals surface area contributed by atoms with E-state index in [-0.39, 0.29) is 36.9 Å². The highest BCUT2D eigenvalue weighted by molar-refractivity contribution is 7.80. The molecule has 0 heterocycles. The maximum atomic E-state index is 12.8. The molecule has 0 radical (unpaired) electrons. The Labute approximate surface area is 187 Å². The van der Waals surface area contributed by atoms with Crippen molar-refractivity contribution in [1.29, 1.82) is 0 Å². The Morgan fingerprint density at radius 1 is 0.903 bits per heavy atom. The van der Waals surface area contributed by atoms with E-state index in [2.05, 4.69) is 28.6 Å². The van der Waals surface area contributed by atoms with Gasteiger partial charge < -0.3 is 32.5 Å². The van der Waals surface area contributed by atoms with Crippen LogP contribution in [0.2, 0.25) is 0 Å². The van der Waals surface area contributed by atoms with Crippen LogP contribution in [0.15, 0.2) is 0 Å². The van der Waals surface area contributed by atoms with E-state index < -0.39 is 53.8 Å². The van der Waals surface area contributed by atoms with Crippen LogP contribution in [0.1, 0.15) is 47.0 Å². The Bertz CT molecular complexity index is 658. The van der Waals surface area contributed by atoms with Gasteiger partial charge in [0.05, 0.1) is 6.04 Å². The highest BCUT2D eigenvalue weighted by Crippen LogP contribution is 2.09. The minimum absolute atomic E-state index is 0.00496. The Hall–Kier alpha value is -2.34. The van der Waals surface area contributed by atoms with Crippen LogP contribution in [0.25, 0.3) is 0 Å². The van der Waals surface area contributed by atoms with E-state index in [1.54, 1.807) is 13.8 Å². The third-order valence-corrected chi connectivity index (χ3v) is 4.81. The van der Waals surface area contributed by atoms with E-state index in [4.69, 9.17) is 11.5 Å². The summed E-state index contributed by atoms with van der Waals surface area (Å²) in [6.45, 7) is 6.97. The summed E-state index contributed by atoms with van der Waals surface area (Å²) >= 11 is 3.94. The molecule has 11 nitrogen and oxygen atoms in total. The zero-order chi connectivity index (χ0) is 24.3. The average molecular weight is 462 g/mol. The Morgan fingerprint density at radius 3 is 1.84 bits per heavy atom. The molecule has 0 bridgehead atoms. The number of carbonyl (C=O) groups is 5. The minimum Gasteiger partial charge on any atom is -0.480 e. The number of carboxylic acids is 1. The first kappa shape index (κ1) is 28.7. The van der Waals surface area contributed by atoms with E-state index >= 15 is 0 Å². The maximum absolute atomic E-state index is 12.8. The molecule has 0 aliphatic rings. The molecule has 178 valence electrons. The number of hydrogen-bond donors (Lipinski definition) is 7. The molecule has 4 atom stereocenters. The van der Waals surface area contributed by atoms with E-state index in [0.717, 1.165) is 0 Å². The molecule has 0 fully saturated rings. The van der Waals surface area contributed by atoms with Gasteiger partial charge in [0.25, 0.3) is 0 Å². The molecule has 0 aliphatic carbocycles. The third-order valence-electron chi connectivity index (χ3n) is 4.42. The number of carbonyl (C=O) groups excluding carboxylic acids is 4. The Kier molecular flexibility index (Phi) is 12.8. The fourth-order valence-corrected chi connectivity index (χ4v) is 2.83. The zero-order valence-corrected chi connectivity index (χ0v) is 19.3. The van der Waals surface area contributed by atoms with Crippen LogP contribution in [0, 0.1) is 11.8 Å². The SMILES string of the molecule is CC(C)CC(NC(=O)C(CCC(N)=O)NC(=O)C(N)CS)C(=O)NC(C(=O)O)C(C)C. The normalized spacial score (nSPS) is 15.0. The van der Waals surface area contributed by atoms with Crippen molar-refractivity contribution in [1.82, 2.24) is 16.0 Å². The number of rotatable bonds is 14. The molecule has 0 aromatic rings. The molecule has 0 saturated carbocycles. The highest BCUT2D eigenvalue weighted by Gasteiger charge is 2.31. The first-order chi connectivity index (χ1) is 14.3. The van der Waals surface area contributed by atoms with Crippen molar-refractivity contribution in [3.05, 3.63) is 0 Å². The van der Waals surface area contributed by atoms with E-state index in [1.807, 2.05) is 13.8 Å². The van der Waals surface area contributed by atoms with Gasteiger partial charge in [0.1, 0.15) is 18.1 Å². The molecule has 0 saturated heterocycles. The first-order valence-electron chi connectivity index (χ1n) is 10.1. The van der Waals surface area contributed by atoms with Crippen molar-refractivity contribution < 1.29 is 29.1 Å². The topological polar surface area (TPSA) is 194 Å². The lowest BCUT2D eigenvalue weighted by Gasteiger charge is -2.26. The summed E-state index contributed by atoms with van der Waals surface area (Å²) in [6.07, 6.45) is -0.0371. The second-order valence-corrected chi connectivity index (χ2v) is 8.48. The number of thiol groups is 1. The molecular weight excluding hydrogens is 426 g/mol. The number of nitrogens with one attached hydrogen (secondary N) is 3. The predicted octanol–water partition coefficient (Wildman–Crippen LogP) is -1.25. The summed E-state index contributed by atoms with van der Waals surface area (Å²) < 4.78 is 0. The standard InChI is InChI=1S/C19H35N5O6S/c1-9(2)7-13(18(28)24-15(10(3)4)19(29)30)23-17(27)12(5-6-14(21)25)22-16(26)11(20)8-31/h9-13,15,31H,5-8,20H2,1-4H3,(H2,21,25)(H,22,26)(H,23,27)(H,24,28)(H,29,30). The van der Waals surface area contributed by atoms with Crippen molar-refractivity contribution in [3.8, 4) is 0 Å². The number of aliphatic carboxylic acids is 1. The van der Waals surface area contributed by atoms with E-state index in [9.17, 15) is 29.1 Å². The van der Waals surface area contributed by atoms with E-state index in [0.29, 0.717) is 0 Å². The third kappa shape index (κ3) is 11.0. The quantitative estimate of drug-likeness (QED) is 0.157. The van der Waals surface area contributed by atoms with Gasteiger partial charge in [-0.15, -0.1) is 0 Å². The maximum Gasteiger partial charge on any atom is 0.326 e. The lowest BCUT2D eigenvalue weighted by Crippen LogP contribution is -2.58. The lowest BCUT2D eigenvalue weighted by molar-refractivity contribution is -0.143. The van der Waals surface area contributed by atoms with Crippen molar-refractivity contribution in [2.75, 3.05) is 5.75 Å². The molecule has 12 heteroatoms. The first-order valence-corrected chi connectivity index (χ1v) is 10.7. The van der Waals surface area contributed by atoms with Gasteiger partial charge in [0, 0.05) is 12.2 Å². The summed E-state index contributed by atoms with van der Waals surface area (Å²) in [6, 6.07) is -4.30. The molecule has 31 heavy (non-hydrogen) atoms. The lowest BCUT2D eigenvalue weighted by atomic mass is 10.00. The van der Waals surface area contributed by atoms with Crippen LogP contribution in [0.5, 0.6) is 0 Å². The van der Waals surface area contributed by atoms with Gasteiger partial charge in [-0.05, 0) is 24.7 Å². The molecule has 4 amide bonds. The number of nitrogens with two attached hydrogens (primary N) is 2. The molecular formula is C19H35N5O6S. The number of amides is 4. The number of hydrogen-bond acceptors (Lipinski definition) is 7. The van der Waals surface area contributed by atoms with Crippen molar-refractivity contribution in [2.24, 2.45) is 23.3 Å². The largest absolute Gasteiger partial charge is 0.480 e. The van der Waals surface area contributed by atoms with Gasteiger partial charge >= 0.3 is 5.97 Å². The monoisotopic (exact) mass is 461 g/mol. The molecule has 8 N–H and O–H groups in total. The zero-order valence-electron chi connectivity index (χ0n) is 18.4. The van der Waals surface area contributed by atoms with Gasteiger partial charge in [0.2, 0.25) is 23.6 Å². The Balaban J connectivity index is 5.51. The van der Waals surface area contributed by atoms with Crippen LogP contribution >= 0.6 is 12.6 Å². The van der Waals surface area contributed by atoms with Gasteiger partial charge in [-0.25, -0.2) is 4.79 Å². The van der Waals surface area contributed by atoms with Crippen LogP contribution in [-0.2, 0) is 24.0 Å². The summed E-state index contributed by atoms with van der Waals surface area (Å²) in [7, 11) is 0. The minimum atomic E-state index is -1.19. The predicted molar refractivity (Wildman–Crippen MR) is 118 cm³/mol. The van der Waals surface area contributed by atoms with Crippen LogP contribution in [-0.4, -0.2) is 64.6 Å². The van der Waals surface area contributed by atoms with Crippen molar-refractivity contribution in [3.63, 3.8) is 0 Å². The van der Waals surface area contributed by atoms with Crippen LogP contribution in [0.4, 0.5) is 0 Å². The summed E-state index contributed by atoms with van der Waals surface area (Å²) in [4.78, 5) is 60.2. The fraction of sp³-hybridized carbons (Fsp3) is 0.737. The van der Waals surface area contributed by atoms with Crippen LogP contribution < -0.4 is 27.4 Å². The second-order valence-electron chi connectivity index (χ2n) is 8.11. The van der Waals surface area contributed by atoms with E-state index in [1.165, 1.54) is 0 Å². The molecule has 4 unspecified atom stereocenters.